The Hall–Kier alpha value is -2.67. The Labute approximate surface area is 196 Å². The van der Waals surface area contributed by atoms with Crippen molar-refractivity contribution >= 4 is 17.8 Å². The highest BCUT2D eigenvalue weighted by Gasteiger charge is 2.33. The summed E-state index contributed by atoms with van der Waals surface area (Å²) >= 11 is 0. The molecular weight excluding hydrogens is 418 g/mol. The van der Waals surface area contributed by atoms with Crippen LogP contribution in [-0.2, 0) is 27.2 Å². The summed E-state index contributed by atoms with van der Waals surface area (Å²) < 4.78 is 11.2. The van der Waals surface area contributed by atoms with Gasteiger partial charge in [-0.05, 0) is 49.5 Å². The number of carbonyl (C=O) groups is 2. The number of nitrogens with two attached hydrogens (primary N) is 1. The first-order valence-electron chi connectivity index (χ1n) is 12.0. The van der Waals surface area contributed by atoms with Crippen molar-refractivity contribution < 1.29 is 18.8 Å². The van der Waals surface area contributed by atoms with Crippen molar-refractivity contribution in [3.63, 3.8) is 0 Å². The van der Waals surface area contributed by atoms with E-state index in [-0.39, 0.29) is 30.3 Å². The lowest BCUT2D eigenvalue weighted by Gasteiger charge is -2.36. The van der Waals surface area contributed by atoms with Gasteiger partial charge >= 0.3 is 5.97 Å². The second-order valence-corrected chi connectivity index (χ2v) is 9.72. The van der Waals surface area contributed by atoms with E-state index >= 15 is 0 Å². The molecule has 3 rings (SSSR count). The maximum absolute atomic E-state index is 12.6. The van der Waals surface area contributed by atoms with Gasteiger partial charge in [0.2, 0.25) is 11.8 Å². The maximum Gasteiger partial charge on any atom is 0.306 e. The van der Waals surface area contributed by atoms with Crippen LogP contribution in [0.25, 0.3) is 0 Å². The number of hydrogen-bond acceptors (Lipinski definition) is 6. The second kappa shape index (κ2) is 11.5. The van der Waals surface area contributed by atoms with Crippen LogP contribution in [0, 0.1) is 24.7 Å². The van der Waals surface area contributed by atoms with Gasteiger partial charge in [0.15, 0.2) is 0 Å². The van der Waals surface area contributed by atoms with E-state index in [0.29, 0.717) is 41.9 Å². The fourth-order valence-electron chi connectivity index (χ4n) is 4.58. The van der Waals surface area contributed by atoms with E-state index in [4.69, 9.17) is 15.0 Å². The molecule has 1 saturated carbocycles. The van der Waals surface area contributed by atoms with Crippen LogP contribution in [0.4, 0.5) is 5.88 Å². The lowest BCUT2D eigenvalue weighted by atomic mass is 9.75. The third-order valence-corrected chi connectivity index (χ3v) is 6.70. The van der Waals surface area contributed by atoms with Crippen LogP contribution in [0.1, 0.15) is 63.3 Å². The van der Waals surface area contributed by atoms with Gasteiger partial charge in [0, 0.05) is 12.0 Å². The number of amides is 1. The molecular formula is C26H37N3O4. The van der Waals surface area contributed by atoms with Crippen LogP contribution < -0.4 is 11.1 Å². The number of benzene rings is 1. The Balaban J connectivity index is 1.51. The molecule has 1 aromatic heterocycles. The molecule has 0 radical (unpaired) electrons. The fraction of sp³-hybridized carbons (Fsp3) is 0.577. The van der Waals surface area contributed by atoms with Crippen LogP contribution in [-0.4, -0.2) is 29.2 Å². The normalized spacial score (nSPS) is 21.6. The van der Waals surface area contributed by atoms with Gasteiger partial charge < -0.3 is 15.0 Å². The predicted octanol–water partition coefficient (Wildman–Crippen LogP) is 4.43. The molecule has 180 valence electrons. The maximum atomic E-state index is 12.6. The zero-order valence-corrected chi connectivity index (χ0v) is 20.2. The van der Waals surface area contributed by atoms with Gasteiger partial charge in [-0.25, -0.2) is 0 Å². The first-order valence-corrected chi connectivity index (χ1v) is 12.0. The smallest absolute Gasteiger partial charge is 0.306 e. The first-order chi connectivity index (χ1) is 15.7. The first kappa shape index (κ1) is 25.0. The van der Waals surface area contributed by atoms with Crippen LogP contribution in [0.3, 0.4) is 0 Å². The predicted molar refractivity (Wildman–Crippen MR) is 128 cm³/mol. The molecule has 0 aliphatic heterocycles. The minimum atomic E-state index is -0.706. The molecule has 0 bridgehead atoms. The highest BCUT2D eigenvalue weighted by Crippen LogP contribution is 2.35. The van der Waals surface area contributed by atoms with Gasteiger partial charge in [0.25, 0.3) is 0 Å². The molecule has 1 heterocycles. The number of aromatic nitrogens is 1. The number of carbonyl (C=O) groups excluding carboxylic acids is 2. The van der Waals surface area contributed by atoms with Crippen molar-refractivity contribution in [2.24, 2.45) is 23.5 Å². The topological polar surface area (TPSA) is 107 Å². The van der Waals surface area contributed by atoms with Gasteiger partial charge in [-0.2, -0.15) is 0 Å². The molecule has 1 aliphatic carbocycles. The largest absolute Gasteiger partial charge is 0.462 e. The highest BCUT2D eigenvalue weighted by atomic mass is 16.5. The molecule has 2 aromatic rings. The average molecular weight is 456 g/mol. The van der Waals surface area contributed by atoms with E-state index in [1.54, 1.807) is 0 Å². The summed E-state index contributed by atoms with van der Waals surface area (Å²) in [5.41, 5.74) is 8.37. The summed E-state index contributed by atoms with van der Waals surface area (Å²) in [6.45, 7) is 8.43. The number of nitrogens with zero attached hydrogens (tertiary/aromatic N) is 1. The standard InChI is InChI=1S/C26H37N3O4/c1-16(2)20-11-10-17(3)14-23(20)32-24(30)13-12-22-18(4)26(33-29-22)28-25(31)21(27)15-19-8-6-5-7-9-19/h5-9,16-17,20-21,23H,10-15,27H2,1-4H3,(H,28,31)/t17?,20?,21-,23?/m0/s1. The van der Waals surface area contributed by atoms with Crippen molar-refractivity contribution in [1.29, 1.82) is 0 Å². The van der Waals surface area contributed by atoms with Crippen LogP contribution in [0.5, 0.6) is 0 Å². The van der Waals surface area contributed by atoms with E-state index < -0.39 is 6.04 Å². The van der Waals surface area contributed by atoms with Gasteiger partial charge in [0.05, 0.1) is 18.2 Å². The summed E-state index contributed by atoms with van der Waals surface area (Å²) in [5, 5.41) is 6.77. The summed E-state index contributed by atoms with van der Waals surface area (Å²) in [7, 11) is 0. The van der Waals surface area contributed by atoms with Crippen LogP contribution in [0.2, 0.25) is 0 Å². The Morgan fingerprint density at radius 2 is 1.97 bits per heavy atom. The molecule has 7 heteroatoms. The van der Waals surface area contributed by atoms with E-state index in [1.807, 2.05) is 37.3 Å². The minimum absolute atomic E-state index is 0.0133. The number of rotatable bonds is 9. The van der Waals surface area contributed by atoms with Crippen molar-refractivity contribution in [3.8, 4) is 0 Å². The number of nitrogens with one attached hydrogen (secondary N) is 1. The van der Waals surface area contributed by atoms with Crippen molar-refractivity contribution in [3.05, 3.63) is 47.2 Å². The van der Waals surface area contributed by atoms with Crippen molar-refractivity contribution in [2.45, 2.75) is 78.4 Å². The Morgan fingerprint density at radius 3 is 2.67 bits per heavy atom. The quantitative estimate of drug-likeness (QED) is 0.542. The molecule has 3 unspecified atom stereocenters. The molecule has 33 heavy (non-hydrogen) atoms. The molecule has 0 spiro atoms. The van der Waals surface area contributed by atoms with E-state index in [0.717, 1.165) is 18.4 Å². The van der Waals surface area contributed by atoms with Crippen LogP contribution >= 0.6 is 0 Å². The minimum Gasteiger partial charge on any atom is -0.462 e. The molecule has 1 amide bonds. The zero-order chi connectivity index (χ0) is 24.0. The fourth-order valence-corrected chi connectivity index (χ4v) is 4.58. The number of esters is 1. The van der Waals surface area contributed by atoms with Crippen molar-refractivity contribution in [1.82, 2.24) is 5.16 Å². The monoisotopic (exact) mass is 455 g/mol. The summed E-state index contributed by atoms with van der Waals surface area (Å²) in [6.07, 6.45) is 4.26. The van der Waals surface area contributed by atoms with Gasteiger partial charge in [-0.1, -0.05) is 62.7 Å². The Bertz CT molecular complexity index is 925. The van der Waals surface area contributed by atoms with E-state index in [1.165, 1.54) is 6.42 Å². The highest BCUT2D eigenvalue weighted by molar-refractivity contribution is 5.94. The number of aryl methyl sites for hydroxylation is 1. The van der Waals surface area contributed by atoms with Gasteiger partial charge in [-0.3, -0.25) is 14.9 Å². The number of ether oxygens (including phenoxy) is 1. The third kappa shape index (κ3) is 6.90. The van der Waals surface area contributed by atoms with E-state index in [2.05, 4.69) is 31.2 Å². The molecule has 1 aliphatic rings. The molecule has 0 saturated heterocycles. The lowest BCUT2D eigenvalue weighted by Crippen LogP contribution is -2.37. The number of hydrogen-bond donors (Lipinski definition) is 2. The summed E-state index contributed by atoms with van der Waals surface area (Å²) in [5.74, 6) is 1.21. The summed E-state index contributed by atoms with van der Waals surface area (Å²) in [6, 6.07) is 8.90. The zero-order valence-electron chi connectivity index (χ0n) is 20.2. The molecule has 4 atom stereocenters. The average Bonchev–Trinajstić information content (AvgIpc) is 3.12. The third-order valence-electron chi connectivity index (χ3n) is 6.70. The SMILES string of the molecule is Cc1c(CCC(=O)OC2CC(C)CCC2C(C)C)noc1NC(=O)[C@@H](N)Cc1ccccc1. The van der Waals surface area contributed by atoms with Crippen molar-refractivity contribution in [2.75, 3.05) is 5.32 Å². The van der Waals surface area contributed by atoms with Gasteiger partial charge in [0.1, 0.15) is 6.10 Å². The molecule has 7 nitrogen and oxygen atoms in total. The second-order valence-electron chi connectivity index (χ2n) is 9.72. The number of anilines is 1. The van der Waals surface area contributed by atoms with Gasteiger partial charge in [-0.15, -0.1) is 0 Å². The Morgan fingerprint density at radius 1 is 1.24 bits per heavy atom. The van der Waals surface area contributed by atoms with Crippen LogP contribution in [0.15, 0.2) is 34.9 Å². The lowest BCUT2D eigenvalue weighted by molar-refractivity contribution is -0.155. The summed E-state index contributed by atoms with van der Waals surface area (Å²) in [4.78, 5) is 25.0. The van der Waals surface area contributed by atoms with E-state index in [9.17, 15) is 9.59 Å². The molecule has 1 fully saturated rings. The Kier molecular flexibility index (Phi) is 8.67. The molecule has 3 N–H and O–H groups in total. The molecule has 1 aromatic carbocycles.